The number of hydrogen-bond donors (Lipinski definition) is 2. The number of likely N-dealkylation sites (tertiary alicyclic amines) is 1. The zero-order valence-electron chi connectivity index (χ0n) is 14.5. The number of amides is 2. The summed E-state index contributed by atoms with van der Waals surface area (Å²) in [4.78, 5) is 31.8. The highest BCUT2D eigenvalue weighted by Crippen LogP contribution is 2.37. The van der Waals surface area contributed by atoms with E-state index in [0.717, 1.165) is 35.3 Å². The molecule has 0 aliphatic carbocycles. The van der Waals surface area contributed by atoms with Gasteiger partial charge in [-0.2, -0.15) is 0 Å². The molecular weight excluding hydrogens is 336 g/mol. The number of aromatic nitrogens is 1. The molecule has 1 aliphatic rings. The van der Waals surface area contributed by atoms with Crippen molar-refractivity contribution in [3.8, 4) is 0 Å². The van der Waals surface area contributed by atoms with Crippen LogP contribution in [0.1, 0.15) is 35.1 Å². The number of rotatable bonds is 3. The average molecular weight is 358 g/mol. The first-order chi connectivity index (χ1) is 11.9. The molecule has 6 nitrogen and oxygen atoms in total. The molecule has 1 saturated heterocycles. The molecule has 1 atom stereocenters. The summed E-state index contributed by atoms with van der Waals surface area (Å²) in [6, 6.07) is 3.89. The van der Waals surface area contributed by atoms with Crippen LogP contribution in [0.4, 0.5) is 5.69 Å². The standard InChI is InChI=1S/C18H22N4O2S/c1-4-13(23)22-9-5-8-18(2,10-22)12-7-6-11-14(19)15(16(24)20-3)25-17(11)21-12/h4,6-7H,1,5,8-10,19H2,2-3H3,(H,20,24). The third-order valence-electron chi connectivity index (χ3n) is 4.83. The quantitative estimate of drug-likeness (QED) is 0.824. The van der Waals surface area contributed by atoms with E-state index < -0.39 is 0 Å². The number of nitrogens with zero attached hydrogens (tertiary/aromatic N) is 2. The van der Waals surface area contributed by atoms with E-state index in [2.05, 4.69) is 18.8 Å². The van der Waals surface area contributed by atoms with Gasteiger partial charge in [0, 0.05) is 36.6 Å². The summed E-state index contributed by atoms with van der Waals surface area (Å²) in [6.45, 7) is 7.06. The van der Waals surface area contributed by atoms with Gasteiger partial charge in [0.15, 0.2) is 0 Å². The van der Waals surface area contributed by atoms with Crippen LogP contribution in [0.5, 0.6) is 0 Å². The van der Waals surface area contributed by atoms with Gasteiger partial charge in [-0.15, -0.1) is 11.3 Å². The zero-order chi connectivity index (χ0) is 18.2. The fraction of sp³-hybridized carbons (Fsp3) is 0.389. The monoisotopic (exact) mass is 358 g/mol. The summed E-state index contributed by atoms with van der Waals surface area (Å²) in [7, 11) is 1.58. The van der Waals surface area contributed by atoms with Crippen LogP contribution in [0.2, 0.25) is 0 Å². The van der Waals surface area contributed by atoms with E-state index in [9.17, 15) is 9.59 Å². The molecule has 3 N–H and O–H groups in total. The van der Waals surface area contributed by atoms with Crippen LogP contribution in [0, 0.1) is 0 Å². The van der Waals surface area contributed by atoms with E-state index in [1.165, 1.54) is 17.4 Å². The molecule has 1 fully saturated rings. The first-order valence-electron chi connectivity index (χ1n) is 8.22. The first-order valence-corrected chi connectivity index (χ1v) is 9.04. The number of hydrogen-bond acceptors (Lipinski definition) is 5. The van der Waals surface area contributed by atoms with Gasteiger partial charge < -0.3 is 16.0 Å². The Morgan fingerprint density at radius 2 is 2.24 bits per heavy atom. The Labute approximate surface area is 150 Å². The second-order valence-electron chi connectivity index (χ2n) is 6.60. The van der Waals surface area contributed by atoms with Gasteiger partial charge in [-0.05, 0) is 31.1 Å². The van der Waals surface area contributed by atoms with Gasteiger partial charge >= 0.3 is 0 Å². The van der Waals surface area contributed by atoms with Gasteiger partial charge in [-0.3, -0.25) is 9.59 Å². The van der Waals surface area contributed by atoms with Crippen LogP contribution >= 0.6 is 11.3 Å². The normalized spacial score (nSPS) is 20.5. The molecule has 2 aromatic rings. The molecule has 0 radical (unpaired) electrons. The van der Waals surface area contributed by atoms with Crippen LogP contribution in [-0.4, -0.2) is 41.8 Å². The Bertz CT molecular complexity index is 860. The minimum atomic E-state index is -0.225. The first kappa shape index (κ1) is 17.4. The van der Waals surface area contributed by atoms with E-state index >= 15 is 0 Å². The van der Waals surface area contributed by atoms with Gasteiger partial charge in [-0.25, -0.2) is 4.98 Å². The minimum Gasteiger partial charge on any atom is -0.397 e. The van der Waals surface area contributed by atoms with Crippen molar-refractivity contribution in [1.29, 1.82) is 0 Å². The van der Waals surface area contributed by atoms with Crippen LogP contribution in [0.15, 0.2) is 24.8 Å². The van der Waals surface area contributed by atoms with Gasteiger partial charge in [0.1, 0.15) is 9.71 Å². The predicted molar refractivity (Wildman–Crippen MR) is 101 cm³/mol. The van der Waals surface area contributed by atoms with E-state index in [0.29, 0.717) is 17.1 Å². The summed E-state index contributed by atoms with van der Waals surface area (Å²) in [6.07, 6.45) is 3.24. The maximum atomic E-state index is 12.0. The number of pyridine rings is 1. The van der Waals surface area contributed by atoms with E-state index in [-0.39, 0.29) is 17.2 Å². The summed E-state index contributed by atoms with van der Waals surface area (Å²) in [5, 5.41) is 3.40. The highest BCUT2D eigenvalue weighted by atomic mass is 32.1. The Morgan fingerprint density at radius 3 is 2.92 bits per heavy atom. The van der Waals surface area contributed by atoms with Crippen molar-refractivity contribution in [3.05, 3.63) is 35.4 Å². The number of fused-ring (bicyclic) bond motifs is 1. The number of nitrogens with two attached hydrogens (primary N) is 1. The predicted octanol–water partition coefficient (Wildman–Crippen LogP) is 2.30. The Hall–Kier alpha value is -2.41. The lowest BCUT2D eigenvalue weighted by Crippen LogP contribution is -2.46. The molecule has 2 amide bonds. The average Bonchev–Trinajstić information content (AvgIpc) is 2.96. The number of thiophene rings is 1. The molecule has 3 heterocycles. The van der Waals surface area contributed by atoms with E-state index in [1.54, 1.807) is 7.05 Å². The largest absolute Gasteiger partial charge is 0.397 e. The summed E-state index contributed by atoms with van der Waals surface area (Å²) < 4.78 is 0. The van der Waals surface area contributed by atoms with E-state index in [4.69, 9.17) is 10.7 Å². The molecule has 0 spiro atoms. The van der Waals surface area contributed by atoms with Crippen molar-refractivity contribution in [2.24, 2.45) is 0 Å². The van der Waals surface area contributed by atoms with Crippen molar-refractivity contribution in [3.63, 3.8) is 0 Å². The van der Waals surface area contributed by atoms with E-state index in [1.807, 2.05) is 17.0 Å². The highest BCUT2D eigenvalue weighted by Gasteiger charge is 2.35. The van der Waals surface area contributed by atoms with Crippen LogP contribution < -0.4 is 11.1 Å². The number of carbonyl (C=O) groups is 2. The number of nitrogens with one attached hydrogen (secondary N) is 1. The lowest BCUT2D eigenvalue weighted by molar-refractivity contribution is -0.128. The molecule has 3 rings (SSSR count). The topological polar surface area (TPSA) is 88.3 Å². The number of piperidine rings is 1. The van der Waals surface area contributed by atoms with Crippen molar-refractivity contribution in [1.82, 2.24) is 15.2 Å². The van der Waals surface area contributed by atoms with Crippen molar-refractivity contribution < 1.29 is 9.59 Å². The second-order valence-corrected chi connectivity index (χ2v) is 7.60. The second kappa shape index (κ2) is 6.48. The molecule has 132 valence electrons. The molecule has 1 unspecified atom stereocenters. The summed E-state index contributed by atoms with van der Waals surface area (Å²) in [5.74, 6) is -0.247. The molecule has 0 saturated carbocycles. The Morgan fingerprint density at radius 1 is 1.48 bits per heavy atom. The number of carbonyl (C=O) groups excluding carboxylic acids is 2. The highest BCUT2D eigenvalue weighted by molar-refractivity contribution is 7.21. The van der Waals surface area contributed by atoms with Gasteiger partial charge in [0.25, 0.3) is 5.91 Å². The molecule has 25 heavy (non-hydrogen) atoms. The van der Waals surface area contributed by atoms with Crippen molar-refractivity contribution >= 4 is 39.1 Å². The van der Waals surface area contributed by atoms with Crippen LogP contribution in [-0.2, 0) is 10.2 Å². The van der Waals surface area contributed by atoms with Gasteiger partial charge in [0.2, 0.25) is 5.91 Å². The van der Waals surface area contributed by atoms with Crippen LogP contribution in [0.25, 0.3) is 10.2 Å². The third-order valence-corrected chi connectivity index (χ3v) is 5.94. The fourth-order valence-corrected chi connectivity index (χ4v) is 4.42. The Kier molecular flexibility index (Phi) is 4.51. The fourth-order valence-electron chi connectivity index (χ4n) is 3.38. The van der Waals surface area contributed by atoms with Crippen molar-refractivity contribution in [2.45, 2.75) is 25.2 Å². The molecule has 0 aromatic carbocycles. The van der Waals surface area contributed by atoms with Crippen LogP contribution in [0.3, 0.4) is 0 Å². The zero-order valence-corrected chi connectivity index (χ0v) is 15.3. The number of anilines is 1. The molecular formula is C18H22N4O2S. The minimum absolute atomic E-state index is 0.0470. The molecule has 7 heteroatoms. The SMILES string of the molecule is C=CC(=O)N1CCCC(C)(c2ccc3c(N)c(C(=O)NC)sc3n2)C1. The van der Waals surface area contributed by atoms with Gasteiger partial charge in [0.05, 0.1) is 5.69 Å². The lowest BCUT2D eigenvalue weighted by Gasteiger charge is -2.39. The maximum absolute atomic E-state index is 12.0. The molecule has 0 bridgehead atoms. The summed E-state index contributed by atoms with van der Waals surface area (Å²) >= 11 is 1.30. The smallest absolute Gasteiger partial charge is 0.263 e. The lowest BCUT2D eigenvalue weighted by atomic mass is 9.78. The molecule has 2 aromatic heterocycles. The summed E-state index contributed by atoms with van der Waals surface area (Å²) in [5.41, 5.74) is 7.27. The molecule has 1 aliphatic heterocycles. The Balaban J connectivity index is 1.99. The number of nitrogen functional groups attached to an aromatic ring is 1. The third kappa shape index (κ3) is 3.00. The maximum Gasteiger partial charge on any atom is 0.263 e. The van der Waals surface area contributed by atoms with Crippen molar-refractivity contribution in [2.75, 3.05) is 25.9 Å². The van der Waals surface area contributed by atoms with Gasteiger partial charge in [-0.1, -0.05) is 13.5 Å².